The number of aryl methyl sites for hydroxylation is 2. The van der Waals surface area contributed by atoms with Crippen LogP contribution in [0, 0.1) is 19.8 Å². The van der Waals surface area contributed by atoms with Crippen LogP contribution >= 0.6 is 0 Å². The van der Waals surface area contributed by atoms with Crippen molar-refractivity contribution in [2.45, 2.75) is 33.4 Å². The molecule has 1 fully saturated rings. The van der Waals surface area contributed by atoms with Crippen LogP contribution in [0.5, 0.6) is 5.75 Å². The molecule has 0 bridgehead atoms. The highest BCUT2D eigenvalue weighted by Gasteiger charge is 2.27. The maximum absolute atomic E-state index is 11.1. The summed E-state index contributed by atoms with van der Waals surface area (Å²) in [5.74, 6) is -0.0180. The van der Waals surface area contributed by atoms with Gasteiger partial charge in [0.25, 0.3) is 0 Å². The molecule has 0 saturated carbocycles. The smallest absolute Gasteiger partial charge is 0.307 e. The van der Waals surface area contributed by atoms with E-state index < -0.39 is 5.97 Å². The zero-order valence-corrected chi connectivity index (χ0v) is 14.7. The lowest BCUT2D eigenvalue weighted by atomic mass is 10.1. The standard InChI is InChI=1S/C20H24N2O3/c1-14-9-16(11-22-8-6-17(12-22)20(23)24)10-15(2)19(14)25-13-18-5-3-4-7-21-18/h3-5,7,9-10,17H,6,8,11-13H2,1-2H3,(H,23,24). The number of aromatic nitrogens is 1. The normalized spacial score (nSPS) is 17.6. The molecule has 1 N–H and O–H groups in total. The number of pyridine rings is 1. The summed E-state index contributed by atoms with van der Waals surface area (Å²) in [5, 5.41) is 9.13. The SMILES string of the molecule is Cc1cc(CN2CCC(C(=O)O)C2)cc(C)c1OCc1ccccn1. The molecule has 1 aromatic carbocycles. The van der Waals surface area contributed by atoms with Crippen molar-refractivity contribution >= 4 is 5.97 Å². The molecule has 5 heteroatoms. The van der Waals surface area contributed by atoms with Crippen LogP contribution < -0.4 is 4.74 Å². The number of hydrogen-bond donors (Lipinski definition) is 1. The van der Waals surface area contributed by atoms with Crippen LogP contribution in [0.1, 0.15) is 28.8 Å². The van der Waals surface area contributed by atoms with Crippen molar-refractivity contribution in [2.75, 3.05) is 13.1 Å². The molecule has 1 saturated heterocycles. The average Bonchev–Trinajstić information content (AvgIpc) is 3.04. The molecule has 3 rings (SSSR count). The van der Waals surface area contributed by atoms with Crippen molar-refractivity contribution in [3.8, 4) is 5.75 Å². The molecule has 0 radical (unpaired) electrons. The number of likely N-dealkylation sites (tertiary alicyclic amines) is 1. The Hall–Kier alpha value is -2.40. The van der Waals surface area contributed by atoms with Crippen LogP contribution in [0.2, 0.25) is 0 Å². The lowest BCUT2D eigenvalue weighted by Crippen LogP contribution is -2.22. The molecule has 1 aliphatic rings. The largest absolute Gasteiger partial charge is 0.487 e. The van der Waals surface area contributed by atoms with E-state index in [1.54, 1.807) is 6.20 Å². The first-order chi connectivity index (χ1) is 12.0. The van der Waals surface area contributed by atoms with Gasteiger partial charge in [0.1, 0.15) is 12.4 Å². The van der Waals surface area contributed by atoms with Gasteiger partial charge in [-0.3, -0.25) is 14.7 Å². The van der Waals surface area contributed by atoms with E-state index in [0.717, 1.165) is 42.1 Å². The average molecular weight is 340 g/mol. The number of carbonyl (C=O) groups is 1. The first kappa shape index (κ1) is 17.4. The van der Waals surface area contributed by atoms with E-state index in [9.17, 15) is 4.79 Å². The van der Waals surface area contributed by atoms with Crippen LogP contribution in [0.4, 0.5) is 0 Å². The molecule has 2 heterocycles. The fourth-order valence-corrected chi connectivity index (χ4v) is 3.42. The van der Waals surface area contributed by atoms with Gasteiger partial charge >= 0.3 is 5.97 Å². The monoisotopic (exact) mass is 340 g/mol. The molecule has 1 aliphatic heterocycles. The Morgan fingerprint density at radius 1 is 1.32 bits per heavy atom. The van der Waals surface area contributed by atoms with E-state index in [2.05, 4.69) is 22.0 Å². The number of ether oxygens (including phenoxy) is 1. The second-order valence-corrected chi connectivity index (χ2v) is 6.73. The highest BCUT2D eigenvalue weighted by molar-refractivity contribution is 5.70. The van der Waals surface area contributed by atoms with Crippen LogP contribution in [-0.2, 0) is 17.9 Å². The van der Waals surface area contributed by atoms with Gasteiger partial charge in [-0.05, 0) is 55.6 Å². The van der Waals surface area contributed by atoms with Gasteiger partial charge in [-0.2, -0.15) is 0 Å². The zero-order valence-electron chi connectivity index (χ0n) is 14.7. The molecule has 2 aromatic rings. The summed E-state index contributed by atoms with van der Waals surface area (Å²) in [6, 6.07) is 10.1. The van der Waals surface area contributed by atoms with Crippen LogP contribution in [-0.4, -0.2) is 34.0 Å². The summed E-state index contributed by atoms with van der Waals surface area (Å²) < 4.78 is 5.97. The molecule has 0 aliphatic carbocycles. The Labute approximate surface area is 148 Å². The van der Waals surface area contributed by atoms with Crippen molar-refractivity contribution in [2.24, 2.45) is 5.92 Å². The second-order valence-electron chi connectivity index (χ2n) is 6.73. The number of aliphatic carboxylic acids is 1. The van der Waals surface area contributed by atoms with Gasteiger partial charge in [-0.15, -0.1) is 0 Å². The Morgan fingerprint density at radius 2 is 2.08 bits per heavy atom. The molecule has 25 heavy (non-hydrogen) atoms. The van der Waals surface area contributed by atoms with Crippen molar-refractivity contribution in [1.29, 1.82) is 0 Å². The summed E-state index contributed by atoms with van der Waals surface area (Å²) in [5.41, 5.74) is 4.30. The fraction of sp³-hybridized carbons (Fsp3) is 0.400. The number of hydrogen-bond acceptors (Lipinski definition) is 4. The second kappa shape index (κ2) is 7.66. The molecular formula is C20H24N2O3. The van der Waals surface area contributed by atoms with Crippen LogP contribution in [0.3, 0.4) is 0 Å². The molecule has 1 atom stereocenters. The molecule has 5 nitrogen and oxygen atoms in total. The summed E-state index contributed by atoms with van der Waals surface area (Å²) >= 11 is 0. The van der Waals surface area contributed by atoms with E-state index in [1.807, 2.05) is 32.0 Å². The van der Waals surface area contributed by atoms with Gasteiger partial charge in [0.2, 0.25) is 0 Å². The highest BCUT2D eigenvalue weighted by atomic mass is 16.5. The predicted molar refractivity (Wildman–Crippen MR) is 95.5 cm³/mol. The molecule has 1 unspecified atom stereocenters. The lowest BCUT2D eigenvalue weighted by molar-refractivity contribution is -0.141. The predicted octanol–water partition coefficient (Wildman–Crippen LogP) is 3.18. The maximum atomic E-state index is 11.1. The van der Waals surface area contributed by atoms with Gasteiger partial charge in [0, 0.05) is 19.3 Å². The Bertz CT molecular complexity index is 723. The van der Waals surface area contributed by atoms with Gasteiger partial charge in [0.05, 0.1) is 11.6 Å². The molecule has 132 valence electrons. The van der Waals surface area contributed by atoms with Crippen LogP contribution in [0.25, 0.3) is 0 Å². The van der Waals surface area contributed by atoms with E-state index in [4.69, 9.17) is 9.84 Å². The van der Waals surface area contributed by atoms with Crippen molar-refractivity contribution < 1.29 is 14.6 Å². The number of benzene rings is 1. The third-order valence-corrected chi connectivity index (χ3v) is 4.64. The van der Waals surface area contributed by atoms with E-state index in [-0.39, 0.29) is 5.92 Å². The number of carboxylic acid groups (broad SMARTS) is 1. The first-order valence-electron chi connectivity index (χ1n) is 8.61. The van der Waals surface area contributed by atoms with Crippen molar-refractivity contribution in [1.82, 2.24) is 9.88 Å². The fourth-order valence-electron chi connectivity index (χ4n) is 3.42. The summed E-state index contributed by atoms with van der Waals surface area (Å²) in [7, 11) is 0. The lowest BCUT2D eigenvalue weighted by Gasteiger charge is -2.18. The quantitative estimate of drug-likeness (QED) is 0.875. The minimum absolute atomic E-state index is 0.233. The van der Waals surface area contributed by atoms with Crippen molar-refractivity contribution in [3.63, 3.8) is 0 Å². The maximum Gasteiger partial charge on any atom is 0.307 e. The van der Waals surface area contributed by atoms with E-state index >= 15 is 0 Å². The van der Waals surface area contributed by atoms with Crippen molar-refractivity contribution in [3.05, 3.63) is 58.9 Å². The summed E-state index contributed by atoms with van der Waals surface area (Å²) in [4.78, 5) is 17.6. The summed E-state index contributed by atoms with van der Waals surface area (Å²) in [6.45, 7) is 6.81. The minimum Gasteiger partial charge on any atom is -0.487 e. The van der Waals surface area contributed by atoms with E-state index in [1.165, 1.54) is 5.56 Å². The van der Waals surface area contributed by atoms with Gasteiger partial charge in [-0.25, -0.2) is 0 Å². The molecular weight excluding hydrogens is 316 g/mol. The highest BCUT2D eigenvalue weighted by Crippen LogP contribution is 2.27. The summed E-state index contributed by atoms with van der Waals surface area (Å²) in [6.07, 6.45) is 2.50. The number of carboxylic acids is 1. The topological polar surface area (TPSA) is 62.7 Å². The molecule has 0 amide bonds. The number of nitrogens with zero attached hydrogens (tertiary/aromatic N) is 2. The Morgan fingerprint density at radius 3 is 2.68 bits per heavy atom. The van der Waals surface area contributed by atoms with Gasteiger partial charge < -0.3 is 9.84 Å². The zero-order chi connectivity index (χ0) is 17.8. The Balaban J connectivity index is 1.65. The Kier molecular flexibility index (Phi) is 5.34. The molecule has 0 spiro atoms. The van der Waals surface area contributed by atoms with Gasteiger partial charge in [0.15, 0.2) is 0 Å². The molecule has 1 aromatic heterocycles. The third-order valence-electron chi connectivity index (χ3n) is 4.64. The van der Waals surface area contributed by atoms with E-state index in [0.29, 0.717) is 13.2 Å². The third kappa shape index (κ3) is 4.37. The minimum atomic E-state index is -0.687. The first-order valence-corrected chi connectivity index (χ1v) is 8.61. The van der Waals surface area contributed by atoms with Crippen LogP contribution in [0.15, 0.2) is 36.5 Å². The van der Waals surface area contributed by atoms with Gasteiger partial charge in [-0.1, -0.05) is 18.2 Å². The number of rotatable bonds is 6.